The van der Waals surface area contributed by atoms with Crippen LogP contribution < -0.4 is 5.32 Å². The Morgan fingerprint density at radius 1 is 1.50 bits per heavy atom. The molecular formula is C10H22N2O3S. The maximum Gasteiger partial charge on any atom is 0.216 e. The summed E-state index contributed by atoms with van der Waals surface area (Å²) in [5.74, 6) is 0.0983. The van der Waals surface area contributed by atoms with Gasteiger partial charge < -0.3 is 10.1 Å². The van der Waals surface area contributed by atoms with Crippen LogP contribution in [0, 0.1) is 0 Å². The van der Waals surface area contributed by atoms with Gasteiger partial charge in [0.1, 0.15) is 0 Å². The Morgan fingerprint density at radius 2 is 2.25 bits per heavy atom. The zero-order valence-corrected chi connectivity index (χ0v) is 10.9. The van der Waals surface area contributed by atoms with Gasteiger partial charge in [0, 0.05) is 25.7 Å². The monoisotopic (exact) mass is 250 g/mol. The number of nitrogens with zero attached hydrogens (tertiary/aromatic N) is 1. The van der Waals surface area contributed by atoms with Crippen LogP contribution in [0.5, 0.6) is 0 Å². The summed E-state index contributed by atoms with van der Waals surface area (Å²) in [6, 6.07) is 0.122. The first-order valence-corrected chi connectivity index (χ1v) is 7.44. The fourth-order valence-corrected chi connectivity index (χ4v) is 3.65. The Hall–Kier alpha value is -0.170. The van der Waals surface area contributed by atoms with Crippen LogP contribution in [0.15, 0.2) is 0 Å². The number of sulfonamides is 1. The highest BCUT2D eigenvalue weighted by Gasteiger charge is 2.33. The van der Waals surface area contributed by atoms with Gasteiger partial charge in [0.2, 0.25) is 10.0 Å². The van der Waals surface area contributed by atoms with Crippen molar-refractivity contribution in [1.82, 2.24) is 9.62 Å². The molecule has 0 spiro atoms. The molecule has 0 aromatic carbocycles. The number of rotatable bonds is 7. The highest BCUT2D eigenvalue weighted by Crippen LogP contribution is 2.20. The van der Waals surface area contributed by atoms with E-state index in [4.69, 9.17) is 4.74 Å². The SMILES string of the molecule is CCOCCS(=O)(=O)N1CCCC1CNC. The van der Waals surface area contributed by atoms with Gasteiger partial charge in [-0.2, -0.15) is 4.31 Å². The van der Waals surface area contributed by atoms with Crippen LogP contribution in [0.25, 0.3) is 0 Å². The third-order valence-electron chi connectivity index (χ3n) is 2.81. The number of hydrogen-bond acceptors (Lipinski definition) is 4. The van der Waals surface area contributed by atoms with Crippen LogP contribution in [0.4, 0.5) is 0 Å². The van der Waals surface area contributed by atoms with Gasteiger partial charge in [0.05, 0.1) is 12.4 Å². The molecule has 0 aromatic rings. The van der Waals surface area contributed by atoms with Crippen molar-refractivity contribution in [1.29, 1.82) is 0 Å². The molecule has 1 atom stereocenters. The number of hydrogen-bond donors (Lipinski definition) is 1. The Bertz CT molecular complexity index is 292. The molecule has 1 rings (SSSR count). The van der Waals surface area contributed by atoms with Crippen molar-refractivity contribution >= 4 is 10.0 Å². The summed E-state index contributed by atoms with van der Waals surface area (Å²) in [6.45, 7) is 4.11. The lowest BCUT2D eigenvalue weighted by Crippen LogP contribution is -2.42. The molecule has 1 aliphatic rings. The lowest BCUT2D eigenvalue weighted by molar-refractivity contribution is 0.162. The molecule has 5 nitrogen and oxygen atoms in total. The summed E-state index contributed by atoms with van der Waals surface area (Å²) in [5.41, 5.74) is 0. The zero-order valence-electron chi connectivity index (χ0n) is 10.1. The van der Waals surface area contributed by atoms with Gasteiger partial charge in [-0.05, 0) is 26.8 Å². The van der Waals surface area contributed by atoms with Crippen molar-refractivity contribution in [3.05, 3.63) is 0 Å². The van der Waals surface area contributed by atoms with E-state index in [0.717, 1.165) is 19.4 Å². The first kappa shape index (κ1) is 13.9. The van der Waals surface area contributed by atoms with Gasteiger partial charge >= 0.3 is 0 Å². The summed E-state index contributed by atoms with van der Waals surface area (Å²) in [5, 5.41) is 3.04. The largest absolute Gasteiger partial charge is 0.381 e. The minimum absolute atomic E-state index is 0.0983. The van der Waals surface area contributed by atoms with Crippen LogP contribution in [0.3, 0.4) is 0 Å². The fraction of sp³-hybridized carbons (Fsp3) is 1.00. The lowest BCUT2D eigenvalue weighted by atomic mass is 10.2. The van der Waals surface area contributed by atoms with Gasteiger partial charge in [-0.25, -0.2) is 8.42 Å². The van der Waals surface area contributed by atoms with E-state index in [9.17, 15) is 8.42 Å². The topological polar surface area (TPSA) is 58.6 Å². The Morgan fingerprint density at radius 3 is 2.88 bits per heavy atom. The van der Waals surface area contributed by atoms with E-state index >= 15 is 0 Å². The minimum Gasteiger partial charge on any atom is -0.381 e. The van der Waals surface area contributed by atoms with Crippen molar-refractivity contribution in [3.8, 4) is 0 Å². The predicted molar refractivity (Wildman–Crippen MR) is 63.9 cm³/mol. The standard InChI is InChI=1S/C10H22N2O3S/c1-3-15-7-8-16(13,14)12-6-4-5-10(12)9-11-2/h10-11H,3-9H2,1-2H3. The van der Waals surface area contributed by atoms with Crippen molar-refractivity contribution in [2.45, 2.75) is 25.8 Å². The van der Waals surface area contributed by atoms with E-state index in [2.05, 4.69) is 5.32 Å². The van der Waals surface area contributed by atoms with Crippen molar-refractivity contribution in [2.75, 3.05) is 39.1 Å². The third-order valence-corrected chi connectivity index (χ3v) is 4.69. The van der Waals surface area contributed by atoms with Crippen LogP contribution in [-0.4, -0.2) is 57.9 Å². The summed E-state index contributed by atoms with van der Waals surface area (Å²) >= 11 is 0. The quantitative estimate of drug-likeness (QED) is 0.648. The van der Waals surface area contributed by atoms with Gasteiger partial charge in [-0.3, -0.25) is 0 Å². The summed E-state index contributed by atoms with van der Waals surface area (Å²) in [4.78, 5) is 0. The summed E-state index contributed by atoms with van der Waals surface area (Å²) < 4.78 is 30.8. The van der Waals surface area contributed by atoms with E-state index in [1.807, 2.05) is 14.0 Å². The average molecular weight is 250 g/mol. The fourth-order valence-electron chi connectivity index (χ4n) is 2.04. The molecular weight excluding hydrogens is 228 g/mol. The molecule has 0 aliphatic carbocycles. The molecule has 0 radical (unpaired) electrons. The second-order valence-corrected chi connectivity index (χ2v) is 6.02. The van der Waals surface area contributed by atoms with E-state index < -0.39 is 10.0 Å². The van der Waals surface area contributed by atoms with Crippen molar-refractivity contribution in [2.24, 2.45) is 0 Å². The molecule has 1 N–H and O–H groups in total. The van der Waals surface area contributed by atoms with Gasteiger partial charge in [0.25, 0.3) is 0 Å². The van der Waals surface area contributed by atoms with Crippen LogP contribution in [0.1, 0.15) is 19.8 Å². The molecule has 0 aromatic heterocycles. The second-order valence-electron chi connectivity index (χ2n) is 3.98. The molecule has 6 heteroatoms. The first-order valence-electron chi connectivity index (χ1n) is 5.83. The predicted octanol–water partition coefficient (Wildman–Crippen LogP) is 0.0365. The van der Waals surface area contributed by atoms with E-state index in [0.29, 0.717) is 19.8 Å². The van der Waals surface area contributed by atoms with Gasteiger partial charge in [0.15, 0.2) is 0 Å². The molecule has 1 saturated heterocycles. The van der Waals surface area contributed by atoms with Crippen LogP contribution in [0.2, 0.25) is 0 Å². The Balaban J connectivity index is 2.53. The molecule has 0 bridgehead atoms. The number of ether oxygens (including phenoxy) is 1. The summed E-state index contributed by atoms with van der Waals surface area (Å²) in [6.07, 6.45) is 1.91. The number of nitrogens with one attached hydrogen (secondary N) is 1. The van der Waals surface area contributed by atoms with Crippen LogP contribution in [-0.2, 0) is 14.8 Å². The molecule has 0 saturated carbocycles. The molecule has 1 unspecified atom stereocenters. The zero-order chi connectivity index (χ0) is 12.0. The highest BCUT2D eigenvalue weighted by atomic mass is 32.2. The first-order chi connectivity index (χ1) is 7.61. The summed E-state index contributed by atoms with van der Waals surface area (Å²) in [7, 11) is -1.28. The van der Waals surface area contributed by atoms with E-state index in [1.165, 1.54) is 0 Å². The van der Waals surface area contributed by atoms with Gasteiger partial charge in [-0.1, -0.05) is 0 Å². The minimum atomic E-state index is -3.14. The van der Waals surface area contributed by atoms with Crippen LogP contribution >= 0.6 is 0 Å². The third kappa shape index (κ3) is 3.69. The van der Waals surface area contributed by atoms with Crippen molar-refractivity contribution < 1.29 is 13.2 Å². The smallest absolute Gasteiger partial charge is 0.216 e. The maximum absolute atomic E-state index is 12.0. The molecule has 1 fully saturated rings. The van der Waals surface area contributed by atoms with Gasteiger partial charge in [-0.15, -0.1) is 0 Å². The lowest BCUT2D eigenvalue weighted by Gasteiger charge is -2.23. The molecule has 1 heterocycles. The highest BCUT2D eigenvalue weighted by molar-refractivity contribution is 7.89. The average Bonchev–Trinajstić information content (AvgIpc) is 2.67. The molecule has 96 valence electrons. The second kappa shape index (κ2) is 6.54. The maximum atomic E-state index is 12.0. The normalized spacial score (nSPS) is 22.8. The molecule has 0 amide bonds. The Kier molecular flexibility index (Phi) is 5.68. The molecule has 1 aliphatic heterocycles. The molecule has 16 heavy (non-hydrogen) atoms. The van der Waals surface area contributed by atoms with E-state index in [-0.39, 0.29) is 11.8 Å². The Labute approximate surface area is 98.2 Å². The van der Waals surface area contributed by atoms with Crippen molar-refractivity contribution in [3.63, 3.8) is 0 Å². The number of likely N-dealkylation sites (N-methyl/N-ethyl adjacent to an activating group) is 1. The van der Waals surface area contributed by atoms with E-state index in [1.54, 1.807) is 4.31 Å².